The number of hydrogen-bond acceptors (Lipinski definition) is 4. The van der Waals surface area contributed by atoms with E-state index in [1.165, 1.54) is 0 Å². The third-order valence-electron chi connectivity index (χ3n) is 3.86. The largest absolute Gasteiger partial charge is 0.348 e. The van der Waals surface area contributed by atoms with Gasteiger partial charge in [-0.3, -0.25) is 9.48 Å². The van der Waals surface area contributed by atoms with Crippen LogP contribution in [0.3, 0.4) is 0 Å². The lowest BCUT2D eigenvalue weighted by Crippen LogP contribution is -2.34. The second-order valence-corrected chi connectivity index (χ2v) is 5.46. The van der Waals surface area contributed by atoms with Crippen molar-refractivity contribution < 1.29 is 4.79 Å². The van der Waals surface area contributed by atoms with Crippen molar-refractivity contribution in [3.05, 3.63) is 41.2 Å². The van der Waals surface area contributed by atoms with Crippen LogP contribution in [0.4, 0.5) is 0 Å². The molecule has 0 bridgehead atoms. The molecule has 0 saturated carbocycles. The van der Waals surface area contributed by atoms with Crippen LogP contribution >= 0.6 is 0 Å². The molecule has 1 amide bonds. The first-order valence-corrected chi connectivity index (χ1v) is 7.23. The Kier molecular flexibility index (Phi) is 3.68. The van der Waals surface area contributed by atoms with Crippen LogP contribution in [0.1, 0.15) is 41.7 Å². The topological polar surface area (TPSA) is 72.7 Å². The average Bonchev–Trinajstić information content (AvgIpc) is 2.84. The van der Waals surface area contributed by atoms with E-state index in [4.69, 9.17) is 0 Å². The number of fused-ring (bicyclic) bond motifs is 1. The maximum absolute atomic E-state index is 12.2. The summed E-state index contributed by atoms with van der Waals surface area (Å²) in [4.78, 5) is 20.9. The first-order chi connectivity index (χ1) is 10.1. The third kappa shape index (κ3) is 2.94. The van der Waals surface area contributed by atoms with E-state index in [-0.39, 0.29) is 18.5 Å². The summed E-state index contributed by atoms with van der Waals surface area (Å²) in [6.07, 6.45) is 6.48. The lowest BCUT2D eigenvalue weighted by atomic mass is 9.92. The van der Waals surface area contributed by atoms with Crippen molar-refractivity contribution >= 4 is 5.91 Å². The number of carbonyl (C=O) groups is 1. The normalized spacial score (nSPS) is 17.3. The molecule has 0 radical (unpaired) electrons. The molecule has 0 unspecified atom stereocenters. The highest BCUT2D eigenvalue weighted by molar-refractivity contribution is 5.76. The van der Waals surface area contributed by atoms with Crippen molar-refractivity contribution in [2.24, 2.45) is 0 Å². The zero-order valence-electron chi connectivity index (χ0n) is 12.3. The molecule has 21 heavy (non-hydrogen) atoms. The summed E-state index contributed by atoms with van der Waals surface area (Å²) >= 11 is 0. The van der Waals surface area contributed by atoms with E-state index < -0.39 is 0 Å². The van der Waals surface area contributed by atoms with Crippen LogP contribution in [0.5, 0.6) is 0 Å². The number of amides is 1. The molecule has 1 aliphatic carbocycles. The SMILES string of the molecule is Cc1ncc2c(n1)CCC[C@@H]2NC(=O)Cn1nccc1C. The van der Waals surface area contributed by atoms with Crippen LogP contribution in [0.25, 0.3) is 0 Å². The smallest absolute Gasteiger partial charge is 0.242 e. The van der Waals surface area contributed by atoms with Gasteiger partial charge in [0, 0.05) is 29.3 Å². The summed E-state index contributed by atoms with van der Waals surface area (Å²) in [5, 5.41) is 7.22. The van der Waals surface area contributed by atoms with E-state index in [0.717, 1.165) is 42.0 Å². The molecule has 0 spiro atoms. The predicted octanol–water partition coefficient (Wildman–Crippen LogP) is 1.48. The maximum Gasteiger partial charge on any atom is 0.242 e. The summed E-state index contributed by atoms with van der Waals surface area (Å²) in [5.74, 6) is 0.758. The van der Waals surface area contributed by atoms with Gasteiger partial charge in [0.15, 0.2) is 0 Å². The summed E-state index contributed by atoms with van der Waals surface area (Å²) in [6.45, 7) is 4.08. The van der Waals surface area contributed by atoms with E-state index in [2.05, 4.69) is 20.4 Å². The highest BCUT2D eigenvalue weighted by Gasteiger charge is 2.23. The summed E-state index contributed by atoms with van der Waals surface area (Å²) < 4.78 is 1.70. The molecule has 6 heteroatoms. The van der Waals surface area contributed by atoms with Crippen LogP contribution in [-0.4, -0.2) is 25.7 Å². The van der Waals surface area contributed by atoms with Crippen molar-refractivity contribution in [3.63, 3.8) is 0 Å². The third-order valence-corrected chi connectivity index (χ3v) is 3.86. The summed E-state index contributed by atoms with van der Waals surface area (Å²) in [6, 6.07) is 1.90. The van der Waals surface area contributed by atoms with Gasteiger partial charge >= 0.3 is 0 Å². The molecule has 0 aliphatic heterocycles. The van der Waals surface area contributed by atoms with Gasteiger partial charge in [0.25, 0.3) is 0 Å². The maximum atomic E-state index is 12.2. The fourth-order valence-corrected chi connectivity index (χ4v) is 2.74. The van der Waals surface area contributed by atoms with E-state index in [0.29, 0.717) is 0 Å². The fourth-order valence-electron chi connectivity index (χ4n) is 2.74. The van der Waals surface area contributed by atoms with Gasteiger partial charge in [0.05, 0.1) is 6.04 Å². The molecular weight excluding hydrogens is 266 g/mol. The van der Waals surface area contributed by atoms with Gasteiger partial charge in [-0.2, -0.15) is 5.10 Å². The van der Waals surface area contributed by atoms with Gasteiger partial charge in [-0.25, -0.2) is 9.97 Å². The van der Waals surface area contributed by atoms with E-state index >= 15 is 0 Å². The standard InChI is InChI=1S/C15H19N5O/c1-10-6-7-17-20(10)9-15(21)19-14-5-3-4-13-12(14)8-16-11(2)18-13/h6-8,14H,3-5,9H2,1-2H3,(H,19,21)/t14-/m0/s1. The summed E-state index contributed by atoms with van der Waals surface area (Å²) in [5.41, 5.74) is 3.10. The lowest BCUT2D eigenvalue weighted by molar-refractivity contribution is -0.122. The average molecular weight is 285 g/mol. The van der Waals surface area contributed by atoms with Crippen LogP contribution in [0, 0.1) is 13.8 Å². The molecule has 1 atom stereocenters. The molecule has 6 nitrogen and oxygen atoms in total. The van der Waals surface area contributed by atoms with Crippen LogP contribution in [-0.2, 0) is 17.8 Å². The molecule has 1 N–H and O–H groups in total. The van der Waals surface area contributed by atoms with Crippen molar-refractivity contribution in [3.8, 4) is 0 Å². The minimum Gasteiger partial charge on any atom is -0.348 e. The first-order valence-electron chi connectivity index (χ1n) is 7.23. The molecule has 110 valence electrons. The first kappa shape index (κ1) is 13.7. The molecule has 2 heterocycles. The van der Waals surface area contributed by atoms with E-state index in [1.54, 1.807) is 10.9 Å². The zero-order chi connectivity index (χ0) is 14.8. The minimum atomic E-state index is -0.0276. The van der Waals surface area contributed by atoms with Crippen molar-refractivity contribution in [1.82, 2.24) is 25.1 Å². The lowest BCUT2D eigenvalue weighted by Gasteiger charge is -2.25. The zero-order valence-corrected chi connectivity index (χ0v) is 12.3. The van der Waals surface area contributed by atoms with E-state index in [9.17, 15) is 4.79 Å². The highest BCUT2D eigenvalue weighted by atomic mass is 16.2. The Hall–Kier alpha value is -2.24. The van der Waals surface area contributed by atoms with Gasteiger partial charge < -0.3 is 5.32 Å². The Labute approximate surface area is 123 Å². The van der Waals surface area contributed by atoms with Crippen molar-refractivity contribution in [2.75, 3.05) is 0 Å². The second-order valence-electron chi connectivity index (χ2n) is 5.46. The number of carbonyl (C=O) groups excluding carboxylic acids is 1. The van der Waals surface area contributed by atoms with Gasteiger partial charge in [-0.1, -0.05) is 0 Å². The fraction of sp³-hybridized carbons (Fsp3) is 0.467. The van der Waals surface area contributed by atoms with Crippen LogP contribution in [0.2, 0.25) is 0 Å². The van der Waals surface area contributed by atoms with Crippen LogP contribution < -0.4 is 5.32 Å². The number of nitrogens with one attached hydrogen (secondary N) is 1. The Morgan fingerprint density at radius 2 is 2.33 bits per heavy atom. The molecule has 0 fully saturated rings. The monoisotopic (exact) mass is 285 g/mol. The number of aromatic nitrogens is 4. The highest BCUT2D eigenvalue weighted by Crippen LogP contribution is 2.27. The Morgan fingerprint density at radius 1 is 1.48 bits per heavy atom. The Bertz CT molecular complexity index is 664. The molecular formula is C15H19N5O. The van der Waals surface area contributed by atoms with Gasteiger partial charge in [0.2, 0.25) is 5.91 Å². The quantitative estimate of drug-likeness (QED) is 0.927. The summed E-state index contributed by atoms with van der Waals surface area (Å²) in [7, 11) is 0. The predicted molar refractivity (Wildman–Crippen MR) is 77.6 cm³/mol. The van der Waals surface area contributed by atoms with Crippen LogP contribution in [0.15, 0.2) is 18.5 Å². The molecule has 2 aromatic rings. The van der Waals surface area contributed by atoms with Crippen molar-refractivity contribution in [2.45, 2.75) is 45.7 Å². The molecule has 3 rings (SSSR count). The van der Waals surface area contributed by atoms with Gasteiger partial charge in [-0.05, 0) is 39.2 Å². The molecule has 0 aromatic carbocycles. The molecule has 1 aliphatic rings. The Balaban J connectivity index is 1.71. The number of rotatable bonds is 3. The molecule has 0 saturated heterocycles. The van der Waals surface area contributed by atoms with E-state index in [1.807, 2.05) is 26.1 Å². The van der Waals surface area contributed by atoms with Crippen molar-refractivity contribution in [1.29, 1.82) is 0 Å². The molecule has 2 aromatic heterocycles. The number of nitrogens with zero attached hydrogens (tertiary/aromatic N) is 4. The Morgan fingerprint density at radius 3 is 3.10 bits per heavy atom. The number of aryl methyl sites for hydroxylation is 3. The van der Waals surface area contributed by atoms with Gasteiger partial charge in [-0.15, -0.1) is 0 Å². The second kappa shape index (κ2) is 5.63. The number of hydrogen-bond donors (Lipinski definition) is 1. The minimum absolute atomic E-state index is 0.0118. The van der Waals surface area contributed by atoms with Gasteiger partial charge in [0.1, 0.15) is 12.4 Å².